The second-order valence-corrected chi connectivity index (χ2v) is 6.56. The van der Waals surface area contributed by atoms with Crippen molar-refractivity contribution in [2.24, 2.45) is 0 Å². The molecule has 1 aromatic carbocycles. The first-order chi connectivity index (χ1) is 12.3. The third-order valence-electron chi connectivity index (χ3n) is 4.00. The molecule has 5 nitrogen and oxygen atoms in total. The first-order valence-corrected chi connectivity index (χ1v) is 9.50. The van der Waals surface area contributed by atoms with E-state index in [0.29, 0.717) is 12.2 Å². The Labute approximate surface area is 151 Å². The van der Waals surface area contributed by atoms with Gasteiger partial charge in [0.15, 0.2) is 0 Å². The lowest BCUT2D eigenvalue weighted by Gasteiger charge is -2.06. The van der Waals surface area contributed by atoms with E-state index in [1.807, 2.05) is 6.07 Å². The van der Waals surface area contributed by atoms with Crippen LogP contribution in [-0.2, 0) is 14.2 Å². The molecule has 3 rings (SSSR count). The molecular formula is C20H32O5. The standard InChI is InChI=1S/C14H22O2.C6H10O3/c1-2-3-4-5-6-7-11-16-14-10-8-9-13(15)12-14;1(5-3-8-5)7-2-6-4-9-6/h8-10,12,15H,2-7,11H2,1H3;5-6H,1-4H2. The summed E-state index contributed by atoms with van der Waals surface area (Å²) >= 11 is 0. The molecule has 1 N–H and O–H groups in total. The number of benzene rings is 1. The summed E-state index contributed by atoms with van der Waals surface area (Å²) in [6.07, 6.45) is 8.39. The van der Waals surface area contributed by atoms with Crippen molar-refractivity contribution in [3.05, 3.63) is 24.3 Å². The van der Waals surface area contributed by atoms with E-state index in [-0.39, 0.29) is 5.75 Å². The van der Waals surface area contributed by atoms with Crippen LogP contribution in [0.3, 0.4) is 0 Å². The molecule has 25 heavy (non-hydrogen) atoms. The van der Waals surface area contributed by atoms with Crippen molar-refractivity contribution in [2.75, 3.05) is 33.0 Å². The highest BCUT2D eigenvalue weighted by Crippen LogP contribution is 2.18. The topological polar surface area (TPSA) is 63.8 Å². The van der Waals surface area contributed by atoms with E-state index >= 15 is 0 Å². The van der Waals surface area contributed by atoms with E-state index in [9.17, 15) is 5.11 Å². The van der Waals surface area contributed by atoms with Crippen molar-refractivity contribution < 1.29 is 24.1 Å². The lowest BCUT2D eigenvalue weighted by Crippen LogP contribution is -2.06. The van der Waals surface area contributed by atoms with E-state index < -0.39 is 0 Å². The molecular weight excluding hydrogens is 320 g/mol. The SMILES string of the molecule is C(OCC1CO1)C1CO1.CCCCCCCCOc1cccc(O)c1. The van der Waals surface area contributed by atoms with E-state index in [0.717, 1.165) is 45.2 Å². The molecule has 0 bridgehead atoms. The molecule has 2 aliphatic heterocycles. The van der Waals surface area contributed by atoms with Crippen LogP contribution in [0.4, 0.5) is 0 Å². The number of ether oxygens (including phenoxy) is 4. The second kappa shape index (κ2) is 12.1. The molecule has 0 aromatic heterocycles. The molecule has 2 fully saturated rings. The molecule has 0 saturated carbocycles. The summed E-state index contributed by atoms with van der Waals surface area (Å²) in [6, 6.07) is 6.97. The molecule has 5 heteroatoms. The van der Waals surface area contributed by atoms with Crippen LogP contribution < -0.4 is 4.74 Å². The number of phenols is 1. The van der Waals surface area contributed by atoms with Crippen LogP contribution in [0.15, 0.2) is 24.3 Å². The zero-order valence-electron chi connectivity index (χ0n) is 15.3. The summed E-state index contributed by atoms with van der Waals surface area (Å²) in [5, 5.41) is 9.23. The highest BCUT2D eigenvalue weighted by Gasteiger charge is 2.26. The third-order valence-corrected chi connectivity index (χ3v) is 4.00. The summed E-state index contributed by atoms with van der Waals surface area (Å²) in [5.74, 6) is 1.02. The minimum Gasteiger partial charge on any atom is -0.508 e. The Morgan fingerprint density at radius 1 is 1.00 bits per heavy atom. The maximum atomic E-state index is 9.23. The average molecular weight is 352 g/mol. The van der Waals surface area contributed by atoms with Crippen LogP contribution in [0.2, 0.25) is 0 Å². The van der Waals surface area contributed by atoms with Gasteiger partial charge in [-0.1, -0.05) is 45.1 Å². The van der Waals surface area contributed by atoms with Gasteiger partial charge in [0, 0.05) is 6.07 Å². The Morgan fingerprint density at radius 2 is 1.64 bits per heavy atom. The van der Waals surface area contributed by atoms with Gasteiger partial charge in [0.2, 0.25) is 0 Å². The molecule has 1 aromatic rings. The summed E-state index contributed by atoms with van der Waals surface area (Å²) in [6.45, 7) is 6.23. The Balaban J connectivity index is 0.000000208. The number of rotatable bonds is 12. The highest BCUT2D eigenvalue weighted by molar-refractivity contribution is 5.31. The van der Waals surface area contributed by atoms with Gasteiger partial charge in [-0.05, 0) is 18.6 Å². The van der Waals surface area contributed by atoms with Crippen molar-refractivity contribution in [3.63, 3.8) is 0 Å². The Hall–Kier alpha value is -1.30. The van der Waals surface area contributed by atoms with Crippen molar-refractivity contribution in [1.29, 1.82) is 0 Å². The van der Waals surface area contributed by atoms with Gasteiger partial charge >= 0.3 is 0 Å². The maximum absolute atomic E-state index is 9.23. The molecule has 0 amide bonds. The number of aromatic hydroxyl groups is 1. The lowest BCUT2D eigenvalue weighted by molar-refractivity contribution is 0.102. The molecule has 2 atom stereocenters. The van der Waals surface area contributed by atoms with Crippen LogP contribution in [0.1, 0.15) is 45.4 Å². The average Bonchev–Trinajstić information content (AvgIpc) is 3.50. The minimum atomic E-state index is 0.264. The second-order valence-electron chi connectivity index (χ2n) is 6.56. The van der Waals surface area contributed by atoms with Crippen LogP contribution in [0.25, 0.3) is 0 Å². The van der Waals surface area contributed by atoms with E-state index in [1.54, 1.807) is 18.2 Å². The monoisotopic (exact) mass is 352 g/mol. The quantitative estimate of drug-likeness (QED) is 0.456. The normalized spacial score (nSPS) is 20.5. The largest absolute Gasteiger partial charge is 0.508 e. The Kier molecular flexibility index (Phi) is 9.70. The molecule has 2 aliphatic rings. The van der Waals surface area contributed by atoms with Gasteiger partial charge < -0.3 is 24.1 Å². The fourth-order valence-electron chi connectivity index (χ4n) is 2.31. The van der Waals surface area contributed by atoms with E-state index in [2.05, 4.69) is 6.92 Å². The van der Waals surface area contributed by atoms with Crippen molar-refractivity contribution >= 4 is 0 Å². The number of epoxide rings is 2. The molecule has 2 unspecified atom stereocenters. The molecule has 2 heterocycles. The molecule has 142 valence electrons. The van der Waals surface area contributed by atoms with Crippen LogP contribution >= 0.6 is 0 Å². The predicted molar refractivity (Wildman–Crippen MR) is 97.3 cm³/mol. The predicted octanol–water partition coefficient (Wildman–Crippen LogP) is 3.93. The zero-order valence-corrected chi connectivity index (χ0v) is 15.3. The maximum Gasteiger partial charge on any atom is 0.122 e. The lowest BCUT2D eigenvalue weighted by atomic mass is 10.1. The van der Waals surface area contributed by atoms with Gasteiger partial charge in [-0.15, -0.1) is 0 Å². The molecule has 0 radical (unpaired) electrons. The third kappa shape index (κ3) is 11.0. The van der Waals surface area contributed by atoms with Gasteiger partial charge in [0.25, 0.3) is 0 Å². The summed E-state index contributed by atoms with van der Waals surface area (Å²) in [5.41, 5.74) is 0. The number of hydrogen-bond donors (Lipinski definition) is 1. The van der Waals surface area contributed by atoms with Crippen LogP contribution in [-0.4, -0.2) is 50.3 Å². The summed E-state index contributed by atoms with van der Waals surface area (Å²) in [4.78, 5) is 0. The number of hydrogen-bond acceptors (Lipinski definition) is 5. The van der Waals surface area contributed by atoms with Gasteiger partial charge in [-0.3, -0.25) is 0 Å². The van der Waals surface area contributed by atoms with Crippen molar-refractivity contribution in [1.82, 2.24) is 0 Å². The van der Waals surface area contributed by atoms with Crippen LogP contribution in [0.5, 0.6) is 11.5 Å². The summed E-state index contributed by atoms with van der Waals surface area (Å²) in [7, 11) is 0. The van der Waals surface area contributed by atoms with Crippen molar-refractivity contribution in [3.8, 4) is 11.5 Å². The molecule has 0 aliphatic carbocycles. The number of unbranched alkanes of at least 4 members (excludes halogenated alkanes) is 5. The van der Waals surface area contributed by atoms with E-state index in [1.165, 1.54) is 32.1 Å². The minimum absolute atomic E-state index is 0.264. The van der Waals surface area contributed by atoms with Crippen LogP contribution in [0, 0.1) is 0 Å². The number of phenolic OH excluding ortho intramolecular Hbond substituents is 1. The fraction of sp³-hybridized carbons (Fsp3) is 0.700. The van der Waals surface area contributed by atoms with Gasteiger partial charge in [-0.2, -0.15) is 0 Å². The fourth-order valence-corrected chi connectivity index (χ4v) is 2.31. The first-order valence-electron chi connectivity index (χ1n) is 9.50. The Bertz CT molecular complexity index is 445. The zero-order chi connectivity index (χ0) is 17.7. The first kappa shape index (κ1) is 20.0. The summed E-state index contributed by atoms with van der Waals surface area (Å²) < 4.78 is 20.7. The smallest absolute Gasteiger partial charge is 0.122 e. The van der Waals surface area contributed by atoms with Gasteiger partial charge in [-0.25, -0.2) is 0 Å². The van der Waals surface area contributed by atoms with Gasteiger partial charge in [0.05, 0.1) is 33.0 Å². The van der Waals surface area contributed by atoms with Crippen molar-refractivity contribution in [2.45, 2.75) is 57.7 Å². The highest BCUT2D eigenvalue weighted by atomic mass is 16.6. The Morgan fingerprint density at radius 3 is 2.24 bits per heavy atom. The molecule has 0 spiro atoms. The molecule has 2 saturated heterocycles. The van der Waals surface area contributed by atoms with Gasteiger partial charge in [0.1, 0.15) is 23.7 Å². The van der Waals surface area contributed by atoms with E-state index in [4.69, 9.17) is 18.9 Å².